The normalized spacial score (nSPS) is 12.7. The lowest BCUT2D eigenvalue weighted by Crippen LogP contribution is -2.51. The zero-order valence-corrected chi connectivity index (χ0v) is 23.3. The van der Waals surface area contributed by atoms with Crippen molar-refractivity contribution in [1.82, 2.24) is 10.2 Å². The molecule has 0 unspecified atom stereocenters. The van der Waals surface area contributed by atoms with E-state index in [1.54, 1.807) is 37.3 Å². The van der Waals surface area contributed by atoms with Crippen LogP contribution < -0.4 is 9.62 Å². The van der Waals surface area contributed by atoms with Crippen molar-refractivity contribution >= 4 is 50.7 Å². The average molecular weight is 543 g/mol. The standard InChI is InChI=1S/C25H33Cl2N3O4S/c1-7-22(24(32)28-5)29(15-17-8-11-19(26)14-21(17)27)23(31)16-30(35(6,33)34)20-12-9-18(10-13-20)25(2,3)4/h8-14,22H,7,15-16H2,1-6H3,(H,28,32)/t22-/m0/s1. The minimum atomic E-state index is -3.80. The molecule has 0 saturated carbocycles. The van der Waals surface area contributed by atoms with Crippen LogP contribution in [0.1, 0.15) is 45.2 Å². The Bertz CT molecular complexity index is 1160. The van der Waals surface area contributed by atoms with Gasteiger partial charge in [0.1, 0.15) is 12.6 Å². The molecule has 0 heterocycles. The summed E-state index contributed by atoms with van der Waals surface area (Å²) in [5, 5.41) is 3.37. The second-order valence-corrected chi connectivity index (χ2v) is 12.1. The zero-order valence-electron chi connectivity index (χ0n) is 20.9. The zero-order chi connectivity index (χ0) is 26.6. The van der Waals surface area contributed by atoms with Gasteiger partial charge in [-0.3, -0.25) is 13.9 Å². The van der Waals surface area contributed by atoms with Gasteiger partial charge in [0.25, 0.3) is 0 Å². The SMILES string of the molecule is CC[C@@H](C(=O)NC)N(Cc1ccc(Cl)cc1Cl)C(=O)CN(c1ccc(C(C)(C)C)cc1)S(C)(=O)=O. The molecule has 2 aromatic carbocycles. The van der Waals surface area contributed by atoms with Crippen molar-refractivity contribution in [1.29, 1.82) is 0 Å². The van der Waals surface area contributed by atoms with Crippen LogP contribution in [0.3, 0.4) is 0 Å². The van der Waals surface area contributed by atoms with E-state index in [1.807, 2.05) is 12.1 Å². The Hall–Kier alpha value is -2.29. The number of nitrogens with zero attached hydrogens (tertiary/aromatic N) is 2. The van der Waals surface area contributed by atoms with Crippen LogP contribution >= 0.6 is 23.2 Å². The summed E-state index contributed by atoms with van der Waals surface area (Å²) in [6, 6.07) is 11.1. The van der Waals surface area contributed by atoms with Crippen LogP contribution in [0.2, 0.25) is 10.0 Å². The monoisotopic (exact) mass is 541 g/mol. The number of benzene rings is 2. The smallest absolute Gasteiger partial charge is 0.244 e. The van der Waals surface area contributed by atoms with E-state index in [9.17, 15) is 18.0 Å². The third-order valence-corrected chi connectivity index (χ3v) is 7.42. The molecule has 0 aliphatic carbocycles. The van der Waals surface area contributed by atoms with Crippen molar-refractivity contribution in [3.8, 4) is 0 Å². The molecular weight excluding hydrogens is 509 g/mol. The summed E-state index contributed by atoms with van der Waals surface area (Å²) >= 11 is 12.3. The molecule has 2 aromatic rings. The van der Waals surface area contributed by atoms with Crippen LogP contribution in [0.25, 0.3) is 0 Å². The first-order valence-electron chi connectivity index (χ1n) is 11.2. The number of hydrogen-bond acceptors (Lipinski definition) is 4. The highest BCUT2D eigenvalue weighted by Crippen LogP contribution is 2.27. The first-order valence-corrected chi connectivity index (χ1v) is 13.8. The van der Waals surface area contributed by atoms with E-state index in [2.05, 4.69) is 26.1 Å². The van der Waals surface area contributed by atoms with Gasteiger partial charge >= 0.3 is 0 Å². The molecule has 35 heavy (non-hydrogen) atoms. The Morgan fingerprint density at radius 1 is 1.06 bits per heavy atom. The fourth-order valence-electron chi connectivity index (χ4n) is 3.66. The van der Waals surface area contributed by atoms with E-state index >= 15 is 0 Å². The maximum absolute atomic E-state index is 13.6. The molecule has 1 atom stereocenters. The maximum Gasteiger partial charge on any atom is 0.244 e. The molecule has 2 rings (SSSR count). The first kappa shape index (κ1) is 28.9. The van der Waals surface area contributed by atoms with Crippen LogP contribution in [-0.4, -0.2) is 51.0 Å². The Morgan fingerprint density at radius 2 is 1.66 bits per heavy atom. The highest BCUT2D eigenvalue weighted by atomic mass is 35.5. The number of rotatable bonds is 9. The van der Waals surface area contributed by atoms with Gasteiger partial charge in [0.15, 0.2) is 0 Å². The lowest BCUT2D eigenvalue weighted by molar-refractivity contribution is -0.140. The van der Waals surface area contributed by atoms with E-state index in [-0.39, 0.29) is 17.9 Å². The second kappa shape index (κ2) is 11.6. The first-order chi connectivity index (χ1) is 16.2. The predicted octanol–water partition coefficient (Wildman–Crippen LogP) is 4.61. The number of halogens is 2. The molecule has 7 nitrogen and oxygen atoms in total. The van der Waals surface area contributed by atoms with Crippen LogP contribution in [0.15, 0.2) is 42.5 Å². The van der Waals surface area contributed by atoms with Crippen LogP contribution in [-0.2, 0) is 31.6 Å². The molecule has 10 heteroatoms. The number of amides is 2. The Labute approximate surface area is 218 Å². The molecule has 0 aromatic heterocycles. The Morgan fingerprint density at radius 3 is 2.11 bits per heavy atom. The van der Waals surface area contributed by atoms with Gasteiger partial charge in [0.05, 0.1) is 11.9 Å². The number of sulfonamides is 1. The Kier molecular flexibility index (Phi) is 9.62. The summed E-state index contributed by atoms with van der Waals surface area (Å²) in [6.45, 7) is 7.51. The minimum absolute atomic E-state index is 0.0152. The fraction of sp³-hybridized carbons (Fsp3) is 0.440. The summed E-state index contributed by atoms with van der Waals surface area (Å²) in [4.78, 5) is 27.5. The van der Waals surface area contributed by atoms with E-state index in [4.69, 9.17) is 23.2 Å². The Balaban J connectivity index is 2.46. The summed E-state index contributed by atoms with van der Waals surface area (Å²) in [7, 11) is -2.31. The van der Waals surface area contributed by atoms with Crippen molar-refractivity contribution in [2.24, 2.45) is 0 Å². The summed E-state index contributed by atoms with van der Waals surface area (Å²) < 4.78 is 26.4. The molecular formula is C25H33Cl2N3O4S. The molecule has 2 amide bonds. The summed E-state index contributed by atoms with van der Waals surface area (Å²) in [5.74, 6) is -0.886. The lowest BCUT2D eigenvalue weighted by atomic mass is 9.87. The molecule has 0 spiro atoms. The number of hydrogen-bond donors (Lipinski definition) is 1. The quantitative estimate of drug-likeness (QED) is 0.502. The third kappa shape index (κ3) is 7.59. The molecule has 0 aliphatic heterocycles. The summed E-state index contributed by atoms with van der Waals surface area (Å²) in [6.07, 6.45) is 1.38. The maximum atomic E-state index is 13.6. The largest absolute Gasteiger partial charge is 0.357 e. The topological polar surface area (TPSA) is 86.8 Å². The van der Waals surface area contributed by atoms with E-state index < -0.39 is 28.5 Å². The molecule has 0 aliphatic rings. The number of carbonyl (C=O) groups is 2. The minimum Gasteiger partial charge on any atom is -0.357 e. The predicted molar refractivity (Wildman–Crippen MR) is 142 cm³/mol. The van der Waals surface area contributed by atoms with Crippen molar-refractivity contribution in [2.75, 3.05) is 24.2 Å². The van der Waals surface area contributed by atoms with Crippen molar-refractivity contribution in [2.45, 2.75) is 52.1 Å². The molecule has 192 valence electrons. The molecule has 0 saturated heterocycles. The van der Waals surface area contributed by atoms with Crippen molar-refractivity contribution in [3.63, 3.8) is 0 Å². The van der Waals surface area contributed by atoms with Crippen LogP contribution in [0, 0.1) is 0 Å². The van der Waals surface area contributed by atoms with Crippen molar-refractivity contribution < 1.29 is 18.0 Å². The highest BCUT2D eigenvalue weighted by molar-refractivity contribution is 7.92. The molecule has 0 fully saturated rings. The lowest BCUT2D eigenvalue weighted by Gasteiger charge is -2.33. The van der Waals surface area contributed by atoms with E-state index in [1.165, 1.54) is 11.9 Å². The van der Waals surface area contributed by atoms with Gasteiger partial charge in [-0.1, -0.05) is 69.1 Å². The van der Waals surface area contributed by atoms with Gasteiger partial charge in [-0.05, 0) is 47.2 Å². The highest BCUT2D eigenvalue weighted by Gasteiger charge is 2.31. The van der Waals surface area contributed by atoms with E-state index in [0.717, 1.165) is 16.1 Å². The van der Waals surface area contributed by atoms with Crippen LogP contribution in [0.4, 0.5) is 5.69 Å². The second-order valence-electron chi connectivity index (χ2n) is 9.36. The number of likely N-dealkylation sites (N-methyl/N-ethyl adjacent to an activating group) is 1. The van der Waals surface area contributed by atoms with Gasteiger partial charge in [-0.15, -0.1) is 0 Å². The van der Waals surface area contributed by atoms with Gasteiger partial charge in [-0.25, -0.2) is 8.42 Å². The average Bonchev–Trinajstić information content (AvgIpc) is 2.77. The van der Waals surface area contributed by atoms with Gasteiger partial charge in [0, 0.05) is 23.6 Å². The fourth-order valence-corrected chi connectivity index (χ4v) is 4.98. The molecule has 0 bridgehead atoms. The molecule has 0 radical (unpaired) electrons. The molecule has 1 N–H and O–H groups in total. The van der Waals surface area contributed by atoms with Crippen LogP contribution in [0.5, 0.6) is 0 Å². The van der Waals surface area contributed by atoms with Crippen molar-refractivity contribution in [3.05, 3.63) is 63.6 Å². The van der Waals surface area contributed by atoms with Gasteiger partial charge < -0.3 is 10.2 Å². The number of carbonyl (C=O) groups excluding carboxylic acids is 2. The van der Waals surface area contributed by atoms with Gasteiger partial charge in [-0.2, -0.15) is 0 Å². The number of anilines is 1. The summed E-state index contributed by atoms with van der Waals surface area (Å²) in [5.41, 5.74) is 1.88. The van der Waals surface area contributed by atoms with E-state index in [0.29, 0.717) is 27.7 Å². The van der Waals surface area contributed by atoms with Gasteiger partial charge in [0.2, 0.25) is 21.8 Å². The number of nitrogens with one attached hydrogen (secondary N) is 1. The third-order valence-electron chi connectivity index (χ3n) is 5.69.